The number of hydrogen-bond donors (Lipinski definition) is 1. The van der Waals surface area contributed by atoms with Crippen molar-refractivity contribution in [2.24, 2.45) is 10.1 Å². The van der Waals surface area contributed by atoms with Crippen LogP contribution in [0, 0.1) is 5.41 Å². The van der Waals surface area contributed by atoms with E-state index >= 15 is 0 Å². The maximum absolute atomic E-state index is 12.5. The zero-order valence-corrected chi connectivity index (χ0v) is 20.8. The molecule has 0 fully saturated rings. The first-order chi connectivity index (χ1) is 15.9. The van der Waals surface area contributed by atoms with Crippen molar-refractivity contribution in [3.63, 3.8) is 0 Å². The molecule has 2 aromatic rings. The van der Waals surface area contributed by atoms with Gasteiger partial charge in [-0.15, -0.1) is 0 Å². The summed E-state index contributed by atoms with van der Waals surface area (Å²) in [5.41, 5.74) is 0.770. The molecule has 4 rings (SSSR count). The van der Waals surface area contributed by atoms with Crippen molar-refractivity contribution in [3.05, 3.63) is 57.0 Å². The van der Waals surface area contributed by atoms with Gasteiger partial charge in [0.1, 0.15) is 19.0 Å². The summed E-state index contributed by atoms with van der Waals surface area (Å²) in [7, 11) is 1.52. The maximum atomic E-state index is 12.5. The Morgan fingerprint density at radius 1 is 1.21 bits per heavy atom. The Morgan fingerprint density at radius 2 is 1.97 bits per heavy atom. The molecule has 0 aromatic heterocycles. The van der Waals surface area contributed by atoms with Gasteiger partial charge in [-0.1, -0.05) is 23.7 Å². The lowest BCUT2D eigenvalue weighted by atomic mass is 10.1. The number of carbonyl (C=O) groups excluding carboxylic acids is 1. The Labute approximate surface area is 207 Å². The molecular formula is C22H18BrClN4O4S. The Bertz CT molecular complexity index is 1230. The highest BCUT2D eigenvalue weighted by atomic mass is 79.9. The largest absolute Gasteiger partial charge is 0.493 e. The SMILES string of the molecule is COc1cc(/C=C2\C(=N)N3N=C(C)SC3=NC2=O)cc(Br)c1OCCOc1ccccc1Cl. The van der Waals surface area contributed by atoms with E-state index in [-0.39, 0.29) is 24.6 Å². The fourth-order valence-electron chi connectivity index (χ4n) is 3.07. The van der Waals surface area contributed by atoms with Crippen LogP contribution in [0.1, 0.15) is 12.5 Å². The number of benzene rings is 2. The Hall–Kier alpha value is -2.82. The van der Waals surface area contributed by atoms with Crippen molar-refractivity contribution < 1.29 is 19.0 Å². The van der Waals surface area contributed by atoms with Crippen LogP contribution in [0.2, 0.25) is 5.02 Å². The number of methoxy groups -OCH3 is 1. The Kier molecular flexibility index (Phi) is 7.06. The summed E-state index contributed by atoms with van der Waals surface area (Å²) >= 11 is 10.8. The minimum Gasteiger partial charge on any atom is -0.493 e. The molecule has 170 valence electrons. The van der Waals surface area contributed by atoms with Crippen LogP contribution >= 0.6 is 39.3 Å². The van der Waals surface area contributed by atoms with Crippen molar-refractivity contribution in [2.75, 3.05) is 20.3 Å². The van der Waals surface area contributed by atoms with Gasteiger partial charge in [0, 0.05) is 0 Å². The topological polar surface area (TPSA) is 96.6 Å². The number of rotatable bonds is 7. The molecule has 0 spiro atoms. The number of amides is 1. The first-order valence-electron chi connectivity index (χ1n) is 9.72. The van der Waals surface area contributed by atoms with Gasteiger partial charge < -0.3 is 14.2 Å². The van der Waals surface area contributed by atoms with E-state index in [9.17, 15) is 4.79 Å². The summed E-state index contributed by atoms with van der Waals surface area (Å²) in [6.45, 7) is 2.34. The minimum absolute atomic E-state index is 0.0264. The number of amidine groups is 2. The van der Waals surface area contributed by atoms with E-state index in [0.29, 0.717) is 37.5 Å². The summed E-state index contributed by atoms with van der Waals surface area (Å²) < 4.78 is 17.6. The molecular weight excluding hydrogens is 532 g/mol. The van der Waals surface area contributed by atoms with Crippen LogP contribution in [0.25, 0.3) is 6.08 Å². The summed E-state index contributed by atoms with van der Waals surface area (Å²) in [5.74, 6) is 1.01. The summed E-state index contributed by atoms with van der Waals surface area (Å²) in [6.07, 6.45) is 1.58. The number of halogens is 2. The normalized spacial score (nSPS) is 16.5. The lowest BCUT2D eigenvalue weighted by molar-refractivity contribution is -0.114. The number of para-hydroxylation sites is 1. The fourth-order valence-corrected chi connectivity index (χ4v) is 4.57. The molecule has 2 heterocycles. The molecule has 0 radical (unpaired) electrons. The molecule has 33 heavy (non-hydrogen) atoms. The molecule has 2 aromatic carbocycles. The third-order valence-corrected chi connectivity index (χ3v) is 6.27. The number of hydrazone groups is 1. The van der Waals surface area contributed by atoms with E-state index < -0.39 is 5.91 Å². The second-order valence-corrected chi connectivity index (χ2v) is 9.22. The van der Waals surface area contributed by atoms with E-state index in [1.807, 2.05) is 12.1 Å². The van der Waals surface area contributed by atoms with Crippen molar-refractivity contribution in [1.29, 1.82) is 5.41 Å². The van der Waals surface area contributed by atoms with E-state index in [1.54, 1.807) is 37.3 Å². The van der Waals surface area contributed by atoms with E-state index in [2.05, 4.69) is 26.0 Å². The first kappa shape index (κ1) is 23.3. The van der Waals surface area contributed by atoms with Gasteiger partial charge in [0.05, 0.1) is 27.2 Å². The van der Waals surface area contributed by atoms with Crippen LogP contribution in [0.4, 0.5) is 0 Å². The number of ether oxygens (including phenoxy) is 3. The van der Waals surface area contributed by atoms with E-state index in [4.69, 9.17) is 31.2 Å². The molecule has 0 saturated heterocycles. The van der Waals surface area contributed by atoms with Gasteiger partial charge in [0.2, 0.25) is 5.17 Å². The predicted octanol–water partition coefficient (Wildman–Crippen LogP) is 5.21. The average molecular weight is 550 g/mol. The van der Waals surface area contributed by atoms with Crippen molar-refractivity contribution in [3.8, 4) is 17.2 Å². The summed E-state index contributed by atoms with van der Waals surface area (Å²) in [5, 5.41) is 15.6. The molecule has 8 nitrogen and oxygen atoms in total. The molecule has 0 bridgehead atoms. The molecule has 2 aliphatic heterocycles. The number of aliphatic imine (C=N–C) groups is 1. The third-order valence-electron chi connectivity index (χ3n) is 4.54. The van der Waals surface area contributed by atoms with Crippen LogP contribution in [0.15, 0.2) is 56.5 Å². The van der Waals surface area contributed by atoms with E-state index in [0.717, 1.165) is 5.04 Å². The molecule has 2 aliphatic rings. The number of hydrogen-bond acceptors (Lipinski definition) is 7. The predicted molar refractivity (Wildman–Crippen MR) is 134 cm³/mol. The summed E-state index contributed by atoms with van der Waals surface area (Å²) in [4.78, 5) is 16.5. The van der Waals surface area contributed by atoms with Crippen LogP contribution in [-0.2, 0) is 4.79 Å². The van der Waals surface area contributed by atoms with Crippen molar-refractivity contribution in [2.45, 2.75) is 6.92 Å². The van der Waals surface area contributed by atoms with Gasteiger partial charge in [0.25, 0.3) is 5.91 Å². The number of thioether (sulfide) groups is 1. The van der Waals surface area contributed by atoms with Crippen LogP contribution in [0.5, 0.6) is 17.2 Å². The van der Waals surface area contributed by atoms with Crippen LogP contribution < -0.4 is 14.2 Å². The highest BCUT2D eigenvalue weighted by Crippen LogP contribution is 2.38. The number of fused-ring (bicyclic) bond motifs is 1. The Morgan fingerprint density at radius 3 is 2.73 bits per heavy atom. The zero-order valence-electron chi connectivity index (χ0n) is 17.6. The highest BCUT2D eigenvalue weighted by molar-refractivity contribution is 9.10. The molecule has 1 N–H and O–H groups in total. The lowest BCUT2D eigenvalue weighted by Crippen LogP contribution is -2.35. The van der Waals surface area contributed by atoms with Crippen LogP contribution in [0.3, 0.4) is 0 Å². The molecule has 0 aliphatic carbocycles. The van der Waals surface area contributed by atoms with Crippen LogP contribution in [-0.4, -0.2) is 47.3 Å². The third kappa shape index (κ3) is 5.07. The standard InChI is InChI=1S/C22H18BrClN4O4S/c1-12-27-28-20(25)14(21(29)26-22(28)33-12)9-13-10-15(23)19(18(11-13)30-2)32-8-7-31-17-6-4-3-5-16(17)24/h3-6,9-11,25H,7-8H2,1-2H3/b14-9+,25-20?. The second kappa shape index (κ2) is 9.98. The highest BCUT2D eigenvalue weighted by Gasteiger charge is 2.34. The maximum Gasteiger partial charge on any atom is 0.283 e. The Balaban J connectivity index is 1.50. The monoisotopic (exact) mass is 548 g/mol. The van der Waals surface area contributed by atoms with E-state index in [1.165, 1.54) is 23.9 Å². The molecule has 0 atom stereocenters. The van der Waals surface area contributed by atoms with Gasteiger partial charge in [-0.25, -0.2) is 0 Å². The van der Waals surface area contributed by atoms with Gasteiger partial charge >= 0.3 is 0 Å². The number of nitrogens with one attached hydrogen (secondary N) is 1. The average Bonchev–Trinajstić information content (AvgIpc) is 3.16. The fraction of sp³-hybridized carbons (Fsp3) is 0.182. The zero-order chi connectivity index (χ0) is 23.5. The number of carbonyl (C=O) groups is 1. The smallest absolute Gasteiger partial charge is 0.283 e. The molecule has 0 saturated carbocycles. The number of nitrogens with zero attached hydrogens (tertiary/aromatic N) is 3. The van der Waals surface area contributed by atoms with Crippen molar-refractivity contribution in [1.82, 2.24) is 5.01 Å². The molecule has 11 heteroatoms. The van der Waals surface area contributed by atoms with Gasteiger partial charge in [0.15, 0.2) is 17.3 Å². The quantitative estimate of drug-likeness (QED) is 0.376. The summed E-state index contributed by atoms with van der Waals surface area (Å²) in [6, 6.07) is 10.7. The lowest BCUT2D eigenvalue weighted by Gasteiger charge is -2.20. The van der Waals surface area contributed by atoms with Gasteiger partial charge in [-0.3, -0.25) is 10.2 Å². The second-order valence-electron chi connectivity index (χ2n) is 6.80. The van der Waals surface area contributed by atoms with Crippen molar-refractivity contribution >= 4 is 67.3 Å². The molecule has 0 unspecified atom stereocenters. The molecule has 1 amide bonds. The van der Waals surface area contributed by atoms with Gasteiger partial charge in [-0.05, 0) is 70.5 Å². The first-order valence-corrected chi connectivity index (χ1v) is 11.7. The minimum atomic E-state index is -0.490. The van der Waals surface area contributed by atoms with Gasteiger partial charge in [-0.2, -0.15) is 15.1 Å².